The number of hydrogen-bond donors (Lipinski definition) is 2. The fraction of sp³-hybridized carbons (Fsp3) is 0.364. The number of amides is 2. The molecule has 0 spiro atoms. The molecule has 6 nitrogen and oxygen atoms in total. The average Bonchev–Trinajstić information content (AvgIpc) is 2.69. The second-order valence-corrected chi connectivity index (χ2v) is 7.17. The van der Waals surface area contributed by atoms with Crippen molar-refractivity contribution < 1.29 is 19.4 Å². The number of aryl methyl sites for hydroxylation is 1. The number of nitrogens with one attached hydrogen (secondary N) is 1. The number of phenols is 1. The second-order valence-electron chi connectivity index (χ2n) is 7.17. The molecule has 0 unspecified atom stereocenters. The zero-order chi connectivity index (χ0) is 20.1. The lowest BCUT2D eigenvalue weighted by Crippen LogP contribution is -2.47. The minimum Gasteiger partial charge on any atom is -0.508 e. The summed E-state index contributed by atoms with van der Waals surface area (Å²) in [5.41, 5.74) is 2.61. The van der Waals surface area contributed by atoms with E-state index in [-0.39, 0.29) is 30.2 Å². The first-order valence-electron chi connectivity index (χ1n) is 9.50. The fourth-order valence-corrected chi connectivity index (χ4v) is 3.30. The average molecular weight is 382 g/mol. The van der Waals surface area contributed by atoms with E-state index in [0.29, 0.717) is 31.5 Å². The van der Waals surface area contributed by atoms with Crippen molar-refractivity contribution in [3.8, 4) is 11.5 Å². The first-order chi connectivity index (χ1) is 13.4. The molecule has 0 bridgehead atoms. The lowest BCUT2D eigenvalue weighted by Gasteiger charge is -2.32. The Morgan fingerprint density at radius 3 is 2.57 bits per heavy atom. The molecule has 1 aliphatic heterocycles. The first-order valence-corrected chi connectivity index (χ1v) is 9.50. The van der Waals surface area contributed by atoms with Gasteiger partial charge in [-0.15, -0.1) is 0 Å². The normalized spacial score (nSPS) is 14.6. The van der Waals surface area contributed by atoms with Gasteiger partial charge in [0.25, 0.3) is 11.8 Å². The van der Waals surface area contributed by atoms with Crippen molar-refractivity contribution in [2.45, 2.75) is 32.7 Å². The fourth-order valence-electron chi connectivity index (χ4n) is 3.30. The van der Waals surface area contributed by atoms with Crippen LogP contribution in [0.2, 0.25) is 0 Å². The molecule has 1 aliphatic rings. The second kappa shape index (κ2) is 8.78. The topological polar surface area (TPSA) is 78.9 Å². The van der Waals surface area contributed by atoms with Crippen LogP contribution in [0.4, 0.5) is 0 Å². The molecule has 3 rings (SSSR count). The first kappa shape index (κ1) is 19.7. The Morgan fingerprint density at radius 2 is 1.86 bits per heavy atom. The SMILES string of the molecule is Cc1cccc(OCC(=O)N2CCC(NC(=O)c3cccc(O)c3)CC2)c1C. The van der Waals surface area contributed by atoms with Crippen LogP contribution in [0, 0.1) is 13.8 Å². The summed E-state index contributed by atoms with van der Waals surface area (Å²) in [7, 11) is 0. The van der Waals surface area contributed by atoms with Crippen molar-refractivity contribution in [3.05, 3.63) is 59.2 Å². The number of hydrogen-bond acceptors (Lipinski definition) is 4. The summed E-state index contributed by atoms with van der Waals surface area (Å²) in [6.07, 6.45) is 1.39. The summed E-state index contributed by atoms with van der Waals surface area (Å²) in [5.74, 6) is 0.552. The number of aromatic hydroxyl groups is 1. The number of nitrogens with zero attached hydrogens (tertiary/aromatic N) is 1. The van der Waals surface area contributed by atoms with Crippen molar-refractivity contribution in [2.24, 2.45) is 0 Å². The highest BCUT2D eigenvalue weighted by atomic mass is 16.5. The maximum absolute atomic E-state index is 12.4. The van der Waals surface area contributed by atoms with Gasteiger partial charge in [0.2, 0.25) is 0 Å². The summed E-state index contributed by atoms with van der Waals surface area (Å²) in [6, 6.07) is 12.1. The van der Waals surface area contributed by atoms with Gasteiger partial charge in [-0.25, -0.2) is 0 Å². The molecule has 2 aromatic rings. The summed E-state index contributed by atoms with van der Waals surface area (Å²) in [6.45, 7) is 5.18. The van der Waals surface area contributed by atoms with Crippen LogP contribution >= 0.6 is 0 Å². The molecule has 1 heterocycles. The number of phenolic OH excluding ortho intramolecular Hbond substituents is 1. The van der Waals surface area contributed by atoms with E-state index in [1.54, 1.807) is 17.0 Å². The minimum atomic E-state index is -0.209. The number of benzene rings is 2. The van der Waals surface area contributed by atoms with Crippen LogP contribution < -0.4 is 10.1 Å². The van der Waals surface area contributed by atoms with Crippen molar-refractivity contribution in [2.75, 3.05) is 19.7 Å². The number of ether oxygens (including phenoxy) is 1. The van der Waals surface area contributed by atoms with E-state index in [0.717, 1.165) is 16.9 Å². The van der Waals surface area contributed by atoms with Crippen LogP contribution in [0.3, 0.4) is 0 Å². The zero-order valence-electron chi connectivity index (χ0n) is 16.3. The molecular formula is C22H26N2O4. The molecule has 0 aliphatic carbocycles. The molecule has 0 radical (unpaired) electrons. The van der Waals surface area contributed by atoms with E-state index < -0.39 is 0 Å². The van der Waals surface area contributed by atoms with Crippen LogP contribution in [0.15, 0.2) is 42.5 Å². The molecule has 0 atom stereocenters. The smallest absolute Gasteiger partial charge is 0.260 e. The third-order valence-electron chi connectivity index (χ3n) is 5.20. The predicted molar refractivity (Wildman–Crippen MR) is 107 cm³/mol. The summed E-state index contributed by atoms with van der Waals surface area (Å²) < 4.78 is 5.71. The van der Waals surface area contributed by atoms with Gasteiger partial charge in [0.15, 0.2) is 6.61 Å². The molecule has 2 amide bonds. The van der Waals surface area contributed by atoms with Gasteiger partial charge in [-0.05, 0) is 62.1 Å². The van der Waals surface area contributed by atoms with E-state index >= 15 is 0 Å². The molecule has 148 valence electrons. The Balaban J connectivity index is 1.46. The number of piperidine rings is 1. The van der Waals surface area contributed by atoms with Crippen LogP contribution in [-0.4, -0.2) is 47.6 Å². The standard InChI is InChI=1S/C22H26N2O4/c1-15-5-3-8-20(16(15)2)28-14-21(26)24-11-9-18(10-12-24)23-22(27)17-6-4-7-19(25)13-17/h3-8,13,18,25H,9-12,14H2,1-2H3,(H,23,27). The summed E-state index contributed by atoms with van der Waals surface area (Å²) in [5, 5.41) is 12.5. The molecule has 1 saturated heterocycles. The van der Waals surface area contributed by atoms with Crippen molar-refractivity contribution in [1.29, 1.82) is 0 Å². The molecule has 1 fully saturated rings. The molecule has 0 saturated carbocycles. The molecule has 6 heteroatoms. The quantitative estimate of drug-likeness (QED) is 0.834. The Labute approximate surface area is 165 Å². The highest BCUT2D eigenvalue weighted by molar-refractivity contribution is 5.94. The molecule has 28 heavy (non-hydrogen) atoms. The summed E-state index contributed by atoms with van der Waals surface area (Å²) >= 11 is 0. The van der Waals surface area contributed by atoms with E-state index in [9.17, 15) is 14.7 Å². The monoisotopic (exact) mass is 382 g/mol. The lowest BCUT2D eigenvalue weighted by molar-refractivity contribution is -0.134. The third-order valence-corrected chi connectivity index (χ3v) is 5.20. The summed E-state index contributed by atoms with van der Waals surface area (Å²) in [4.78, 5) is 26.5. The van der Waals surface area contributed by atoms with E-state index in [1.807, 2.05) is 32.0 Å². The Morgan fingerprint density at radius 1 is 1.14 bits per heavy atom. The predicted octanol–water partition coefficient (Wildman–Crippen LogP) is 2.81. The maximum Gasteiger partial charge on any atom is 0.260 e. The number of carbonyl (C=O) groups is 2. The van der Waals surface area contributed by atoms with E-state index in [2.05, 4.69) is 5.32 Å². The minimum absolute atomic E-state index is 0.0128. The third kappa shape index (κ3) is 4.82. The van der Waals surface area contributed by atoms with Gasteiger partial charge in [-0.1, -0.05) is 18.2 Å². The lowest BCUT2D eigenvalue weighted by atomic mass is 10.0. The van der Waals surface area contributed by atoms with Crippen LogP contribution in [0.5, 0.6) is 11.5 Å². The largest absolute Gasteiger partial charge is 0.508 e. The van der Waals surface area contributed by atoms with Gasteiger partial charge in [0.05, 0.1) is 0 Å². The van der Waals surface area contributed by atoms with Crippen LogP contribution in [0.25, 0.3) is 0 Å². The van der Waals surface area contributed by atoms with Gasteiger partial charge in [0, 0.05) is 24.7 Å². The molecule has 2 aromatic carbocycles. The van der Waals surface area contributed by atoms with Crippen LogP contribution in [-0.2, 0) is 4.79 Å². The van der Waals surface area contributed by atoms with Gasteiger partial charge in [0.1, 0.15) is 11.5 Å². The molecule has 0 aromatic heterocycles. The zero-order valence-corrected chi connectivity index (χ0v) is 16.3. The molecule has 2 N–H and O–H groups in total. The number of likely N-dealkylation sites (tertiary alicyclic amines) is 1. The van der Waals surface area contributed by atoms with Gasteiger partial charge >= 0.3 is 0 Å². The van der Waals surface area contributed by atoms with Crippen LogP contribution in [0.1, 0.15) is 34.3 Å². The number of rotatable bonds is 5. The van der Waals surface area contributed by atoms with Gasteiger partial charge in [-0.3, -0.25) is 9.59 Å². The Kier molecular flexibility index (Phi) is 6.19. The van der Waals surface area contributed by atoms with E-state index in [1.165, 1.54) is 12.1 Å². The Bertz CT molecular complexity index is 857. The highest BCUT2D eigenvalue weighted by Crippen LogP contribution is 2.21. The highest BCUT2D eigenvalue weighted by Gasteiger charge is 2.24. The number of carbonyl (C=O) groups excluding carboxylic acids is 2. The van der Waals surface area contributed by atoms with Gasteiger partial charge in [-0.2, -0.15) is 0 Å². The van der Waals surface area contributed by atoms with Crippen molar-refractivity contribution in [1.82, 2.24) is 10.2 Å². The Hall–Kier alpha value is -3.02. The molecular weight excluding hydrogens is 356 g/mol. The van der Waals surface area contributed by atoms with Crippen molar-refractivity contribution >= 4 is 11.8 Å². The maximum atomic E-state index is 12.4. The van der Waals surface area contributed by atoms with E-state index in [4.69, 9.17) is 4.74 Å². The van der Waals surface area contributed by atoms with Gasteiger partial charge < -0.3 is 20.1 Å². The van der Waals surface area contributed by atoms with Crippen molar-refractivity contribution in [3.63, 3.8) is 0 Å².